The van der Waals surface area contributed by atoms with Crippen molar-refractivity contribution < 1.29 is 22.4 Å². The molecule has 1 fully saturated rings. The molecule has 0 bridgehead atoms. The van der Waals surface area contributed by atoms with E-state index in [-0.39, 0.29) is 29.0 Å². The number of nitrogens with one attached hydrogen (secondary N) is 2. The van der Waals surface area contributed by atoms with Crippen molar-refractivity contribution in [1.82, 2.24) is 0 Å². The largest absolute Gasteiger partial charge is 0.325 e. The summed E-state index contributed by atoms with van der Waals surface area (Å²) in [6.45, 7) is 1.46. The second-order valence-electron chi connectivity index (χ2n) is 6.24. The number of anilines is 2. The van der Waals surface area contributed by atoms with E-state index in [0.29, 0.717) is 0 Å². The molecular formula is C17H23FN2O4S. The predicted molar refractivity (Wildman–Crippen MR) is 94.6 cm³/mol. The van der Waals surface area contributed by atoms with Crippen molar-refractivity contribution in [3.05, 3.63) is 24.0 Å². The van der Waals surface area contributed by atoms with Gasteiger partial charge in [-0.2, -0.15) is 0 Å². The molecule has 2 N–H and O–H groups in total. The van der Waals surface area contributed by atoms with E-state index in [1.165, 1.54) is 19.1 Å². The highest BCUT2D eigenvalue weighted by atomic mass is 32.2. The van der Waals surface area contributed by atoms with Crippen LogP contribution in [0.3, 0.4) is 0 Å². The van der Waals surface area contributed by atoms with Crippen molar-refractivity contribution in [2.45, 2.75) is 39.0 Å². The van der Waals surface area contributed by atoms with E-state index in [1.807, 2.05) is 0 Å². The molecule has 0 radical (unpaired) electrons. The van der Waals surface area contributed by atoms with Crippen molar-refractivity contribution >= 4 is 33.0 Å². The summed E-state index contributed by atoms with van der Waals surface area (Å²) in [5, 5.41) is 4.99. The molecule has 1 aliphatic rings. The smallest absolute Gasteiger partial charge is 0.239 e. The normalized spacial score (nSPS) is 15.6. The first kappa shape index (κ1) is 19.4. The molecule has 1 aliphatic carbocycles. The van der Waals surface area contributed by atoms with E-state index in [2.05, 4.69) is 10.6 Å². The number of benzene rings is 1. The molecule has 8 heteroatoms. The maximum atomic E-state index is 13.9. The fraction of sp³-hybridized carbons (Fsp3) is 0.529. The average Bonchev–Trinajstić information content (AvgIpc) is 2.58. The van der Waals surface area contributed by atoms with E-state index in [0.717, 1.165) is 38.2 Å². The van der Waals surface area contributed by atoms with Gasteiger partial charge < -0.3 is 10.6 Å². The third kappa shape index (κ3) is 5.81. The number of carbonyl (C=O) groups excluding carboxylic acids is 2. The predicted octanol–water partition coefficient (Wildman–Crippen LogP) is 2.72. The summed E-state index contributed by atoms with van der Waals surface area (Å²) in [7, 11) is -3.45. The summed E-state index contributed by atoms with van der Waals surface area (Å²) >= 11 is 0. The Morgan fingerprint density at radius 1 is 1.16 bits per heavy atom. The standard InChI is InChI=1S/C17H23FN2O4S/c1-2-25(23,24)11-16(21)19-13-8-9-14(18)15(10-13)20-17(22)12-6-4-3-5-7-12/h8-10,12H,2-7,11H2,1H3,(H,19,21)(H,20,22). The molecule has 2 rings (SSSR count). The Balaban J connectivity index is 2.04. The molecule has 1 aromatic carbocycles. The zero-order chi connectivity index (χ0) is 18.4. The van der Waals surface area contributed by atoms with Gasteiger partial charge >= 0.3 is 0 Å². The maximum Gasteiger partial charge on any atom is 0.239 e. The van der Waals surface area contributed by atoms with Crippen molar-refractivity contribution in [3.63, 3.8) is 0 Å². The summed E-state index contributed by atoms with van der Waals surface area (Å²) in [6, 6.07) is 3.75. The van der Waals surface area contributed by atoms with Crippen LogP contribution in [0, 0.1) is 11.7 Å². The lowest BCUT2D eigenvalue weighted by molar-refractivity contribution is -0.120. The summed E-state index contributed by atoms with van der Waals surface area (Å²) in [4.78, 5) is 24.0. The molecule has 0 aromatic heterocycles. The van der Waals surface area contributed by atoms with Crippen molar-refractivity contribution in [2.24, 2.45) is 5.92 Å². The number of amides is 2. The fourth-order valence-corrected chi connectivity index (χ4v) is 3.47. The van der Waals surface area contributed by atoms with E-state index in [1.54, 1.807) is 0 Å². The van der Waals surface area contributed by atoms with Gasteiger partial charge in [0.2, 0.25) is 11.8 Å². The molecule has 0 saturated heterocycles. The minimum Gasteiger partial charge on any atom is -0.325 e. The zero-order valence-corrected chi connectivity index (χ0v) is 15.0. The Kier molecular flexibility index (Phi) is 6.52. The van der Waals surface area contributed by atoms with E-state index >= 15 is 0 Å². The summed E-state index contributed by atoms with van der Waals surface area (Å²) in [5.74, 6) is -2.42. The summed E-state index contributed by atoms with van der Waals surface area (Å²) < 4.78 is 36.9. The first-order valence-corrected chi connectivity index (χ1v) is 10.2. The zero-order valence-electron chi connectivity index (χ0n) is 14.2. The molecule has 138 valence electrons. The van der Waals surface area contributed by atoms with Gasteiger partial charge in [-0.3, -0.25) is 9.59 Å². The van der Waals surface area contributed by atoms with Crippen molar-refractivity contribution in [2.75, 3.05) is 22.1 Å². The van der Waals surface area contributed by atoms with Crippen LogP contribution in [-0.4, -0.2) is 31.7 Å². The Hall–Kier alpha value is -1.96. The van der Waals surface area contributed by atoms with Gasteiger partial charge in [-0.1, -0.05) is 26.2 Å². The summed E-state index contributed by atoms with van der Waals surface area (Å²) in [5.41, 5.74) is 0.211. The number of carbonyl (C=O) groups is 2. The molecule has 0 aliphatic heterocycles. The van der Waals surface area contributed by atoms with Gasteiger partial charge in [0.15, 0.2) is 9.84 Å². The van der Waals surface area contributed by atoms with Crippen LogP contribution in [0.1, 0.15) is 39.0 Å². The van der Waals surface area contributed by atoms with Crippen molar-refractivity contribution in [1.29, 1.82) is 0 Å². The first-order valence-electron chi connectivity index (χ1n) is 8.41. The Morgan fingerprint density at radius 3 is 2.48 bits per heavy atom. The SMILES string of the molecule is CCS(=O)(=O)CC(=O)Nc1ccc(F)c(NC(=O)C2CCCCC2)c1. The van der Waals surface area contributed by atoms with Gasteiger partial charge in [0.25, 0.3) is 0 Å². The molecule has 0 spiro atoms. The van der Waals surface area contributed by atoms with Gasteiger partial charge in [-0.15, -0.1) is 0 Å². The monoisotopic (exact) mass is 370 g/mol. The molecule has 0 heterocycles. The molecule has 6 nitrogen and oxygen atoms in total. The lowest BCUT2D eigenvalue weighted by Crippen LogP contribution is -2.26. The Labute approximate surface area is 147 Å². The Bertz CT molecular complexity index is 743. The highest BCUT2D eigenvalue weighted by Crippen LogP contribution is 2.26. The topological polar surface area (TPSA) is 92.3 Å². The number of sulfone groups is 1. The maximum absolute atomic E-state index is 13.9. The van der Waals surface area contributed by atoms with E-state index < -0.39 is 27.3 Å². The van der Waals surface area contributed by atoms with Crippen LogP contribution in [-0.2, 0) is 19.4 Å². The summed E-state index contributed by atoms with van der Waals surface area (Å²) in [6.07, 6.45) is 4.67. The number of hydrogen-bond acceptors (Lipinski definition) is 4. The number of rotatable bonds is 6. The molecular weight excluding hydrogens is 347 g/mol. The third-order valence-electron chi connectivity index (χ3n) is 4.27. The van der Waals surface area contributed by atoms with Crippen LogP contribution in [0.25, 0.3) is 0 Å². The van der Waals surface area contributed by atoms with Crippen LogP contribution < -0.4 is 10.6 Å². The van der Waals surface area contributed by atoms with E-state index in [4.69, 9.17) is 0 Å². The molecule has 0 unspecified atom stereocenters. The van der Waals surface area contributed by atoms with Gasteiger partial charge in [-0.25, -0.2) is 12.8 Å². The quantitative estimate of drug-likeness (QED) is 0.805. The van der Waals surface area contributed by atoms with Crippen LogP contribution in [0.4, 0.5) is 15.8 Å². The highest BCUT2D eigenvalue weighted by Gasteiger charge is 2.22. The second kappa shape index (κ2) is 8.42. The van der Waals surface area contributed by atoms with Gasteiger partial charge in [-0.05, 0) is 31.0 Å². The fourth-order valence-electron chi connectivity index (χ4n) is 2.80. The average molecular weight is 370 g/mol. The van der Waals surface area contributed by atoms with Crippen molar-refractivity contribution in [3.8, 4) is 0 Å². The van der Waals surface area contributed by atoms with E-state index in [9.17, 15) is 22.4 Å². The molecule has 1 aromatic rings. The molecule has 25 heavy (non-hydrogen) atoms. The first-order chi connectivity index (χ1) is 11.8. The number of hydrogen-bond donors (Lipinski definition) is 2. The lowest BCUT2D eigenvalue weighted by atomic mass is 9.88. The van der Waals surface area contributed by atoms with Gasteiger partial charge in [0.05, 0.1) is 5.69 Å². The van der Waals surface area contributed by atoms with Gasteiger partial charge in [0.1, 0.15) is 11.6 Å². The Morgan fingerprint density at radius 2 is 1.84 bits per heavy atom. The lowest BCUT2D eigenvalue weighted by Gasteiger charge is -2.21. The minimum atomic E-state index is -3.45. The van der Waals surface area contributed by atoms with Crippen LogP contribution in [0.2, 0.25) is 0 Å². The minimum absolute atomic E-state index is 0.0216. The molecule has 0 atom stereocenters. The number of halogens is 1. The third-order valence-corrected chi connectivity index (χ3v) is 5.86. The van der Waals surface area contributed by atoms with Crippen LogP contribution in [0.15, 0.2) is 18.2 Å². The second-order valence-corrected chi connectivity index (χ2v) is 8.60. The molecule has 2 amide bonds. The highest BCUT2D eigenvalue weighted by molar-refractivity contribution is 7.92. The van der Waals surface area contributed by atoms with Gasteiger partial charge in [0, 0.05) is 17.4 Å². The van der Waals surface area contributed by atoms with Crippen LogP contribution >= 0.6 is 0 Å². The van der Waals surface area contributed by atoms with Crippen LogP contribution in [0.5, 0.6) is 0 Å². The molecule has 1 saturated carbocycles.